The number of aryl methyl sites for hydroxylation is 3. The first-order valence-corrected chi connectivity index (χ1v) is 10.2. The molecule has 0 unspecified atom stereocenters. The molecule has 3 heteroatoms. The molecule has 0 atom stereocenters. The van der Waals surface area contributed by atoms with Crippen molar-refractivity contribution in [3.63, 3.8) is 0 Å². The molecule has 3 rings (SSSR count). The van der Waals surface area contributed by atoms with E-state index in [0.29, 0.717) is 35.4 Å². The maximum atomic E-state index is 14.6. The van der Waals surface area contributed by atoms with Crippen LogP contribution < -0.4 is 0 Å². The van der Waals surface area contributed by atoms with Gasteiger partial charge in [-0.25, -0.2) is 13.2 Å². The summed E-state index contributed by atoms with van der Waals surface area (Å²) >= 11 is 0. The highest BCUT2D eigenvalue weighted by Crippen LogP contribution is 2.37. The van der Waals surface area contributed by atoms with Crippen LogP contribution in [0.5, 0.6) is 0 Å². The SMILES string of the molecule is CCCC1CCC(c2ccc(CCc3ccc(C)c(F)c3F)c(F)c2)CC1. The molecule has 0 heterocycles. The average Bonchev–Trinajstić information content (AvgIpc) is 2.67. The summed E-state index contributed by atoms with van der Waals surface area (Å²) in [6.07, 6.45) is 7.95. The second-order valence-electron chi connectivity index (χ2n) is 8.03. The van der Waals surface area contributed by atoms with E-state index in [4.69, 9.17) is 0 Å². The van der Waals surface area contributed by atoms with E-state index in [1.807, 2.05) is 12.1 Å². The summed E-state index contributed by atoms with van der Waals surface area (Å²) in [5, 5.41) is 0. The molecule has 27 heavy (non-hydrogen) atoms. The topological polar surface area (TPSA) is 0 Å². The fourth-order valence-electron chi connectivity index (χ4n) is 4.36. The van der Waals surface area contributed by atoms with Gasteiger partial charge in [0.05, 0.1) is 0 Å². The molecule has 1 saturated carbocycles. The molecule has 0 aliphatic heterocycles. The maximum absolute atomic E-state index is 14.6. The predicted molar refractivity (Wildman–Crippen MR) is 105 cm³/mol. The second-order valence-corrected chi connectivity index (χ2v) is 8.03. The Bertz CT molecular complexity index is 773. The number of halogens is 3. The Morgan fingerprint density at radius 2 is 1.52 bits per heavy atom. The van der Waals surface area contributed by atoms with Crippen molar-refractivity contribution < 1.29 is 13.2 Å². The number of rotatable bonds is 6. The Balaban J connectivity index is 1.63. The molecule has 0 radical (unpaired) electrons. The molecule has 2 aromatic carbocycles. The average molecular weight is 374 g/mol. The van der Waals surface area contributed by atoms with Gasteiger partial charge in [0, 0.05) is 0 Å². The van der Waals surface area contributed by atoms with Gasteiger partial charge in [-0.1, -0.05) is 44.0 Å². The fourth-order valence-corrected chi connectivity index (χ4v) is 4.36. The van der Waals surface area contributed by atoms with Crippen LogP contribution in [0, 0.1) is 30.3 Å². The molecule has 0 amide bonds. The van der Waals surface area contributed by atoms with Gasteiger partial charge in [0.1, 0.15) is 5.82 Å². The van der Waals surface area contributed by atoms with Crippen LogP contribution in [-0.4, -0.2) is 0 Å². The first-order valence-electron chi connectivity index (χ1n) is 10.2. The third kappa shape index (κ3) is 4.75. The largest absolute Gasteiger partial charge is 0.207 e. The van der Waals surface area contributed by atoms with Crippen molar-refractivity contribution in [1.82, 2.24) is 0 Å². The van der Waals surface area contributed by atoms with E-state index in [0.717, 1.165) is 24.3 Å². The molecule has 0 nitrogen and oxygen atoms in total. The summed E-state index contributed by atoms with van der Waals surface area (Å²) in [5.74, 6) is -0.556. The van der Waals surface area contributed by atoms with Crippen molar-refractivity contribution in [3.05, 3.63) is 70.0 Å². The smallest absolute Gasteiger partial charge is 0.162 e. The molecule has 146 valence electrons. The molecule has 0 N–H and O–H groups in total. The number of hydrogen-bond donors (Lipinski definition) is 0. The Kier molecular flexibility index (Phi) is 6.62. The lowest BCUT2D eigenvalue weighted by molar-refractivity contribution is 0.308. The van der Waals surface area contributed by atoms with Gasteiger partial charge >= 0.3 is 0 Å². The van der Waals surface area contributed by atoms with E-state index in [-0.39, 0.29) is 5.82 Å². The van der Waals surface area contributed by atoms with Crippen LogP contribution in [0.25, 0.3) is 0 Å². The molecule has 0 bridgehead atoms. The molecule has 0 saturated heterocycles. The van der Waals surface area contributed by atoms with Crippen molar-refractivity contribution >= 4 is 0 Å². The summed E-state index contributed by atoms with van der Waals surface area (Å²) in [4.78, 5) is 0. The monoisotopic (exact) mass is 374 g/mol. The lowest BCUT2D eigenvalue weighted by Crippen LogP contribution is -2.13. The number of benzene rings is 2. The van der Waals surface area contributed by atoms with Crippen molar-refractivity contribution in [2.45, 2.75) is 71.1 Å². The van der Waals surface area contributed by atoms with Crippen LogP contribution in [0.15, 0.2) is 30.3 Å². The van der Waals surface area contributed by atoms with Gasteiger partial charge < -0.3 is 0 Å². The zero-order chi connectivity index (χ0) is 19.4. The summed E-state index contributed by atoms with van der Waals surface area (Å²) in [7, 11) is 0. The van der Waals surface area contributed by atoms with Crippen LogP contribution in [0.3, 0.4) is 0 Å². The standard InChI is InChI=1S/C24H29F3/c1-3-4-17-6-9-18(10-7-17)21-14-12-19(22(25)15-21)11-13-20-8-5-16(2)23(26)24(20)27/h5,8,12,14-15,17-18H,3-4,6-7,9-11,13H2,1-2H3. The molecule has 1 aliphatic rings. The predicted octanol–water partition coefficient (Wildman–Crippen LogP) is 7.27. The highest BCUT2D eigenvalue weighted by atomic mass is 19.2. The van der Waals surface area contributed by atoms with Crippen molar-refractivity contribution in [2.75, 3.05) is 0 Å². The molecule has 0 spiro atoms. The van der Waals surface area contributed by atoms with Gasteiger partial charge in [0.2, 0.25) is 0 Å². The lowest BCUT2D eigenvalue weighted by Gasteiger charge is -2.28. The highest BCUT2D eigenvalue weighted by molar-refractivity contribution is 5.30. The van der Waals surface area contributed by atoms with Crippen molar-refractivity contribution in [2.24, 2.45) is 5.92 Å². The molecule has 1 aliphatic carbocycles. The van der Waals surface area contributed by atoms with Crippen LogP contribution in [0.1, 0.15) is 73.6 Å². The minimum absolute atomic E-state index is 0.226. The summed E-state index contributed by atoms with van der Waals surface area (Å²) in [5.41, 5.74) is 2.24. The molecular formula is C24H29F3. The summed E-state index contributed by atoms with van der Waals surface area (Å²) < 4.78 is 42.3. The van der Waals surface area contributed by atoms with Crippen LogP contribution in [0.4, 0.5) is 13.2 Å². The van der Waals surface area contributed by atoms with Gasteiger partial charge in [0.25, 0.3) is 0 Å². The lowest BCUT2D eigenvalue weighted by atomic mass is 9.77. The third-order valence-electron chi connectivity index (χ3n) is 6.11. The third-order valence-corrected chi connectivity index (χ3v) is 6.11. The van der Waals surface area contributed by atoms with Gasteiger partial charge in [-0.15, -0.1) is 0 Å². The normalized spacial score (nSPS) is 20.0. The molecule has 0 aromatic heterocycles. The van der Waals surface area contributed by atoms with Crippen molar-refractivity contribution in [3.8, 4) is 0 Å². The minimum atomic E-state index is -0.809. The molecular weight excluding hydrogens is 345 g/mol. The molecule has 1 fully saturated rings. The maximum Gasteiger partial charge on any atom is 0.162 e. The van der Waals surface area contributed by atoms with E-state index in [1.165, 1.54) is 32.6 Å². The second kappa shape index (κ2) is 8.95. The summed E-state index contributed by atoms with van der Waals surface area (Å²) in [6.45, 7) is 3.77. The van der Waals surface area contributed by atoms with E-state index in [9.17, 15) is 13.2 Å². The Hall–Kier alpha value is -1.77. The van der Waals surface area contributed by atoms with Crippen LogP contribution in [0.2, 0.25) is 0 Å². The van der Waals surface area contributed by atoms with Crippen LogP contribution in [-0.2, 0) is 12.8 Å². The Morgan fingerprint density at radius 3 is 2.19 bits per heavy atom. The fraction of sp³-hybridized carbons (Fsp3) is 0.500. The zero-order valence-electron chi connectivity index (χ0n) is 16.3. The zero-order valence-corrected chi connectivity index (χ0v) is 16.3. The first-order chi connectivity index (χ1) is 13.0. The highest BCUT2D eigenvalue weighted by Gasteiger charge is 2.22. The van der Waals surface area contributed by atoms with Crippen LogP contribution >= 0.6 is 0 Å². The molecule has 2 aromatic rings. The van der Waals surface area contributed by atoms with Gasteiger partial charge in [-0.3, -0.25) is 0 Å². The van der Waals surface area contributed by atoms with E-state index < -0.39 is 11.6 Å². The van der Waals surface area contributed by atoms with Crippen molar-refractivity contribution in [1.29, 1.82) is 0 Å². The Labute approximate surface area is 160 Å². The van der Waals surface area contributed by atoms with Gasteiger partial charge in [-0.2, -0.15) is 0 Å². The Morgan fingerprint density at radius 1 is 0.852 bits per heavy atom. The van der Waals surface area contributed by atoms with E-state index in [1.54, 1.807) is 18.2 Å². The van der Waals surface area contributed by atoms with Gasteiger partial charge in [-0.05, 0) is 85.6 Å². The number of hydrogen-bond acceptors (Lipinski definition) is 0. The summed E-state index contributed by atoms with van der Waals surface area (Å²) in [6, 6.07) is 8.67. The van der Waals surface area contributed by atoms with Gasteiger partial charge in [0.15, 0.2) is 11.6 Å². The first kappa shape index (κ1) is 20.0. The van der Waals surface area contributed by atoms with E-state index >= 15 is 0 Å². The quantitative estimate of drug-likeness (QED) is 0.499. The van der Waals surface area contributed by atoms with E-state index in [2.05, 4.69) is 6.92 Å². The minimum Gasteiger partial charge on any atom is -0.207 e.